The van der Waals surface area contributed by atoms with E-state index in [0.29, 0.717) is 16.7 Å². The highest BCUT2D eigenvalue weighted by atomic mass is 32.3. The fourth-order valence-electron chi connectivity index (χ4n) is 2.42. The summed E-state index contributed by atoms with van der Waals surface area (Å²) in [5.41, 5.74) is -3.21. The van der Waals surface area contributed by atoms with Crippen molar-refractivity contribution in [2.24, 2.45) is 0 Å². The van der Waals surface area contributed by atoms with Gasteiger partial charge in [0, 0.05) is 4.90 Å². The van der Waals surface area contributed by atoms with Crippen molar-refractivity contribution >= 4 is 22.2 Å². The van der Waals surface area contributed by atoms with Gasteiger partial charge in [0.1, 0.15) is 11.5 Å². The Morgan fingerprint density at radius 3 is 1.76 bits per heavy atom. The Balaban J connectivity index is 2.03. The van der Waals surface area contributed by atoms with E-state index in [-0.39, 0.29) is 28.4 Å². The molecule has 3 rings (SSSR count). The highest BCUT2D eigenvalue weighted by molar-refractivity contribution is 8.04. The minimum Gasteiger partial charge on any atom is -0.508 e. The maximum Gasteiger partial charge on any atom is 0.524 e. The van der Waals surface area contributed by atoms with Gasteiger partial charge in [-0.1, -0.05) is 30.3 Å². The van der Waals surface area contributed by atoms with Gasteiger partial charge in [-0.3, -0.25) is 0 Å². The third-order valence-electron chi connectivity index (χ3n) is 3.86. The monoisotopic (exact) mass is 442 g/mol. The summed E-state index contributed by atoms with van der Waals surface area (Å²) in [6, 6.07) is 16.8. The predicted octanol–water partition coefficient (Wildman–Crippen LogP) is 5.31. The van der Waals surface area contributed by atoms with Crippen molar-refractivity contribution in [2.75, 3.05) is 0 Å². The second-order valence-corrected chi connectivity index (χ2v) is 8.38. The van der Waals surface area contributed by atoms with E-state index < -0.39 is 15.6 Å². The first-order chi connectivity index (χ1) is 13.6. The molecule has 0 heterocycles. The molecule has 29 heavy (non-hydrogen) atoms. The summed E-state index contributed by atoms with van der Waals surface area (Å²) in [7, 11) is -5.77. The smallest absolute Gasteiger partial charge is 0.508 e. The van der Waals surface area contributed by atoms with Crippen LogP contribution < -0.4 is 0 Å². The zero-order valence-electron chi connectivity index (χ0n) is 14.4. The zero-order chi connectivity index (χ0) is 21.2. The van der Waals surface area contributed by atoms with Gasteiger partial charge >= 0.3 is 15.6 Å². The van der Waals surface area contributed by atoms with Crippen LogP contribution >= 0.6 is 12.0 Å². The molecular weight excluding hydrogens is 429 g/mol. The first-order valence-corrected chi connectivity index (χ1v) is 10.1. The Morgan fingerprint density at radius 1 is 0.759 bits per heavy atom. The molecule has 0 bridgehead atoms. The number of benzene rings is 3. The lowest BCUT2D eigenvalue weighted by atomic mass is 9.99. The van der Waals surface area contributed by atoms with Crippen LogP contribution in [0.5, 0.6) is 11.5 Å². The van der Waals surface area contributed by atoms with E-state index in [1.807, 2.05) is 0 Å². The summed E-state index contributed by atoms with van der Waals surface area (Å²) >= 11 is 0.0758. The normalized spacial score (nSPS) is 12.1. The molecule has 0 aliphatic carbocycles. The number of alkyl halides is 3. The molecule has 0 unspecified atom stereocenters. The molecule has 0 fully saturated rings. The molecule has 0 aliphatic heterocycles. The van der Waals surface area contributed by atoms with Gasteiger partial charge in [-0.05, 0) is 58.7 Å². The van der Waals surface area contributed by atoms with E-state index in [4.69, 9.17) is 0 Å². The van der Waals surface area contributed by atoms with E-state index in [2.05, 4.69) is 3.63 Å². The van der Waals surface area contributed by atoms with Crippen LogP contribution in [0.1, 0.15) is 0 Å². The topological polar surface area (TPSA) is 83.8 Å². The summed E-state index contributed by atoms with van der Waals surface area (Å²) in [5, 5.41) is 18.9. The zero-order valence-corrected chi connectivity index (χ0v) is 16.1. The summed E-state index contributed by atoms with van der Waals surface area (Å²) < 4.78 is 64.2. The standard InChI is InChI=1S/C19H13F3O5S2/c20-19(21,22)29(25,26)27-28-18-10-5-14(12-1-6-15(23)7-2-12)11-17(18)13-3-8-16(24)9-4-13/h1-11,23-24H. The highest BCUT2D eigenvalue weighted by Gasteiger charge is 2.48. The van der Waals surface area contributed by atoms with Gasteiger partial charge in [0.15, 0.2) is 0 Å². The fraction of sp³-hybridized carbons (Fsp3) is 0.0526. The SMILES string of the molecule is O=S(=O)(OSc1ccc(-c2ccc(O)cc2)cc1-c1ccc(O)cc1)C(F)(F)F. The predicted molar refractivity (Wildman–Crippen MR) is 103 cm³/mol. The van der Waals surface area contributed by atoms with Crippen molar-refractivity contribution in [3.05, 3.63) is 66.7 Å². The quantitative estimate of drug-likeness (QED) is 0.412. The van der Waals surface area contributed by atoms with E-state index in [9.17, 15) is 31.8 Å². The van der Waals surface area contributed by atoms with E-state index in [0.717, 1.165) is 5.56 Å². The molecule has 0 saturated heterocycles. The van der Waals surface area contributed by atoms with Crippen molar-refractivity contribution in [1.82, 2.24) is 0 Å². The molecule has 0 spiro atoms. The highest BCUT2D eigenvalue weighted by Crippen LogP contribution is 2.39. The van der Waals surface area contributed by atoms with Crippen LogP contribution in [0, 0.1) is 0 Å². The van der Waals surface area contributed by atoms with Gasteiger partial charge in [0.05, 0.1) is 12.0 Å². The van der Waals surface area contributed by atoms with Gasteiger partial charge in [0.2, 0.25) is 0 Å². The van der Waals surface area contributed by atoms with Crippen LogP contribution in [0.4, 0.5) is 13.2 Å². The van der Waals surface area contributed by atoms with Crippen LogP contribution in [0.3, 0.4) is 0 Å². The van der Waals surface area contributed by atoms with E-state index in [1.165, 1.54) is 42.5 Å². The minimum atomic E-state index is -5.77. The average Bonchev–Trinajstić information content (AvgIpc) is 2.67. The molecule has 0 aromatic heterocycles. The molecule has 0 radical (unpaired) electrons. The fourth-order valence-corrected chi connectivity index (χ4v) is 3.77. The number of rotatable bonds is 5. The Hall–Kier alpha value is -2.69. The molecule has 0 amide bonds. The lowest BCUT2D eigenvalue weighted by Crippen LogP contribution is -2.23. The molecule has 5 nitrogen and oxygen atoms in total. The van der Waals surface area contributed by atoms with Crippen molar-refractivity contribution in [3.63, 3.8) is 0 Å². The lowest BCUT2D eigenvalue weighted by molar-refractivity contribution is -0.0494. The molecule has 10 heteroatoms. The number of phenols is 2. The summed E-state index contributed by atoms with van der Waals surface area (Å²) in [4.78, 5) is 0.131. The molecule has 2 N–H and O–H groups in total. The molecule has 0 saturated carbocycles. The third-order valence-corrected chi connectivity index (χ3v) is 5.95. The summed E-state index contributed by atoms with van der Waals surface area (Å²) in [6.45, 7) is 0. The van der Waals surface area contributed by atoms with Gasteiger partial charge in [-0.2, -0.15) is 25.2 Å². The Labute approximate surface area is 168 Å². The van der Waals surface area contributed by atoms with Crippen molar-refractivity contribution in [3.8, 4) is 33.8 Å². The number of halogens is 3. The second-order valence-electron chi connectivity index (χ2n) is 5.86. The maximum atomic E-state index is 12.5. The first kappa shape index (κ1) is 21.0. The Kier molecular flexibility index (Phi) is 5.78. The van der Waals surface area contributed by atoms with Gasteiger partial charge < -0.3 is 10.2 Å². The number of hydrogen-bond donors (Lipinski definition) is 2. The van der Waals surface area contributed by atoms with Crippen LogP contribution in [0.25, 0.3) is 22.3 Å². The molecule has 3 aromatic carbocycles. The largest absolute Gasteiger partial charge is 0.524 e. The van der Waals surface area contributed by atoms with Crippen molar-refractivity contribution < 1.29 is 35.4 Å². The molecule has 3 aromatic rings. The third kappa shape index (κ3) is 4.84. The maximum absolute atomic E-state index is 12.5. The minimum absolute atomic E-state index is 0.00598. The molecule has 0 aliphatic rings. The molecule has 152 valence electrons. The summed E-state index contributed by atoms with van der Waals surface area (Å²) in [5.74, 6) is 0.0685. The molecule has 0 atom stereocenters. The van der Waals surface area contributed by atoms with E-state index >= 15 is 0 Å². The van der Waals surface area contributed by atoms with Crippen LogP contribution in [0.15, 0.2) is 71.6 Å². The number of hydrogen-bond acceptors (Lipinski definition) is 6. The average molecular weight is 442 g/mol. The second kappa shape index (κ2) is 7.97. The van der Waals surface area contributed by atoms with Crippen LogP contribution in [-0.4, -0.2) is 24.1 Å². The molecular formula is C19H13F3O5S2. The van der Waals surface area contributed by atoms with Crippen LogP contribution in [-0.2, 0) is 13.7 Å². The Bertz CT molecular complexity index is 1110. The van der Waals surface area contributed by atoms with Gasteiger partial charge in [0.25, 0.3) is 0 Å². The summed E-state index contributed by atoms with van der Waals surface area (Å²) in [6.07, 6.45) is 0. The number of phenolic OH excluding ortho intramolecular Hbond substituents is 2. The Morgan fingerprint density at radius 2 is 1.24 bits per heavy atom. The van der Waals surface area contributed by atoms with Gasteiger partial charge in [-0.25, -0.2) is 0 Å². The van der Waals surface area contributed by atoms with Crippen molar-refractivity contribution in [1.29, 1.82) is 0 Å². The number of aromatic hydroxyl groups is 2. The van der Waals surface area contributed by atoms with Crippen LogP contribution in [0.2, 0.25) is 0 Å². The van der Waals surface area contributed by atoms with Gasteiger partial charge in [-0.15, -0.1) is 0 Å². The first-order valence-electron chi connectivity index (χ1n) is 7.97. The lowest BCUT2D eigenvalue weighted by Gasteiger charge is -2.13. The van der Waals surface area contributed by atoms with E-state index in [1.54, 1.807) is 24.3 Å². The van der Waals surface area contributed by atoms with Crippen molar-refractivity contribution in [2.45, 2.75) is 10.4 Å².